The second kappa shape index (κ2) is 12.4. The van der Waals surface area contributed by atoms with E-state index in [1.54, 1.807) is 25.1 Å². The number of benzene rings is 2. The van der Waals surface area contributed by atoms with Gasteiger partial charge in [-0.1, -0.05) is 11.6 Å². The van der Waals surface area contributed by atoms with E-state index in [4.69, 9.17) is 31.5 Å². The molecule has 0 amide bonds. The van der Waals surface area contributed by atoms with Gasteiger partial charge in [0.2, 0.25) is 10.0 Å². The molecule has 1 aliphatic carbocycles. The lowest BCUT2D eigenvalue weighted by Crippen LogP contribution is -2.34. The van der Waals surface area contributed by atoms with E-state index in [1.807, 2.05) is 19.0 Å². The number of ether oxygens (including phenoxy) is 3. The highest BCUT2D eigenvalue weighted by Gasteiger charge is 2.38. The molecule has 0 saturated heterocycles. The first-order valence-electron chi connectivity index (χ1n) is 11.4. The lowest BCUT2D eigenvalue weighted by Gasteiger charge is -2.28. The minimum atomic E-state index is -3.72. The molecule has 0 radical (unpaired) electrons. The van der Waals surface area contributed by atoms with Crippen molar-refractivity contribution in [1.29, 1.82) is 0 Å². The molecule has 3 N–H and O–H groups in total. The Labute approximate surface area is 211 Å². The third-order valence-electron chi connectivity index (χ3n) is 5.81. The van der Waals surface area contributed by atoms with Gasteiger partial charge in [0.25, 0.3) is 0 Å². The van der Waals surface area contributed by atoms with Crippen molar-refractivity contribution in [2.45, 2.75) is 30.4 Å². The standard InChI is InChI=1S/C24H33ClFN3O5S/c1-16-12-18(35(30,31)28-7-9-33-11-10-32-8-6-27)4-5-23(16)34-24-20-13-17(25)14-21(26)19(20)15-22(24)29(2)3/h4-5,12-14,22,24,28H,6-11,15,27H2,1-3H3/t22-,24-/m0/s1. The average Bonchev–Trinajstić information content (AvgIpc) is 3.15. The number of halogens is 2. The third kappa shape index (κ3) is 7.13. The highest BCUT2D eigenvalue weighted by Crippen LogP contribution is 2.40. The van der Waals surface area contributed by atoms with Crippen molar-refractivity contribution in [2.24, 2.45) is 5.73 Å². The van der Waals surface area contributed by atoms with Crippen LogP contribution in [0.15, 0.2) is 35.2 Å². The van der Waals surface area contributed by atoms with Crippen molar-refractivity contribution in [3.05, 3.63) is 57.9 Å². The fraction of sp³-hybridized carbons (Fsp3) is 0.500. The number of aryl methyl sites for hydroxylation is 1. The molecule has 3 rings (SSSR count). The Bertz CT molecular complexity index is 1120. The van der Waals surface area contributed by atoms with Crippen LogP contribution in [-0.4, -0.2) is 73.0 Å². The Hall–Kier alpha value is -1.79. The fourth-order valence-electron chi connectivity index (χ4n) is 4.01. The molecule has 0 heterocycles. The Morgan fingerprint density at radius 3 is 2.51 bits per heavy atom. The minimum Gasteiger partial charge on any atom is -0.484 e. The molecule has 0 aliphatic heterocycles. The summed E-state index contributed by atoms with van der Waals surface area (Å²) in [6.45, 7) is 3.80. The summed E-state index contributed by atoms with van der Waals surface area (Å²) in [5.74, 6) is 0.177. The number of nitrogens with zero attached hydrogens (tertiary/aromatic N) is 1. The van der Waals surface area contributed by atoms with E-state index >= 15 is 0 Å². The molecule has 2 atom stereocenters. The summed E-state index contributed by atoms with van der Waals surface area (Å²) in [6.07, 6.45) is 0.0468. The van der Waals surface area contributed by atoms with E-state index in [-0.39, 0.29) is 29.9 Å². The molecule has 11 heteroatoms. The smallest absolute Gasteiger partial charge is 0.240 e. The van der Waals surface area contributed by atoms with Crippen LogP contribution >= 0.6 is 11.6 Å². The molecule has 194 valence electrons. The summed E-state index contributed by atoms with van der Waals surface area (Å²) in [6, 6.07) is 7.63. The fourth-order valence-corrected chi connectivity index (χ4v) is 5.32. The van der Waals surface area contributed by atoms with Gasteiger partial charge in [0.05, 0.1) is 37.4 Å². The van der Waals surface area contributed by atoms with Crippen molar-refractivity contribution < 1.29 is 27.0 Å². The quantitative estimate of drug-likeness (QED) is 0.384. The average molecular weight is 530 g/mol. The Kier molecular flexibility index (Phi) is 9.88. The molecule has 35 heavy (non-hydrogen) atoms. The maximum absolute atomic E-state index is 14.5. The maximum Gasteiger partial charge on any atom is 0.240 e. The first-order chi connectivity index (χ1) is 16.6. The van der Waals surface area contributed by atoms with Gasteiger partial charge < -0.3 is 24.8 Å². The summed E-state index contributed by atoms with van der Waals surface area (Å²) in [7, 11) is 0.108. The van der Waals surface area contributed by atoms with Crippen LogP contribution in [0, 0.1) is 12.7 Å². The lowest BCUT2D eigenvalue weighted by molar-refractivity contribution is 0.0530. The molecule has 0 spiro atoms. The highest BCUT2D eigenvalue weighted by atomic mass is 35.5. The molecule has 2 aromatic carbocycles. The van der Waals surface area contributed by atoms with Crippen LogP contribution in [0.5, 0.6) is 5.75 Å². The predicted octanol–water partition coefficient (Wildman–Crippen LogP) is 2.66. The van der Waals surface area contributed by atoms with Gasteiger partial charge in [-0.25, -0.2) is 17.5 Å². The summed E-state index contributed by atoms with van der Waals surface area (Å²) in [5, 5.41) is 0.311. The summed E-state index contributed by atoms with van der Waals surface area (Å²) in [4.78, 5) is 2.11. The first kappa shape index (κ1) is 27.8. The zero-order chi connectivity index (χ0) is 25.6. The van der Waals surface area contributed by atoms with Crippen LogP contribution in [0.25, 0.3) is 0 Å². The predicted molar refractivity (Wildman–Crippen MR) is 133 cm³/mol. The minimum absolute atomic E-state index is 0.0943. The van der Waals surface area contributed by atoms with Crippen molar-refractivity contribution >= 4 is 21.6 Å². The van der Waals surface area contributed by atoms with Gasteiger partial charge in [-0.2, -0.15) is 0 Å². The molecule has 8 nitrogen and oxygen atoms in total. The van der Waals surface area contributed by atoms with Gasteiger partial charge in [-0.3, -0.25) is 0 Å². The van der Waals surface area contributed by atoms with E-state index in [0.717, 1.165) is 0 Å². The molecular weight excluding hydrogens is 497 g/mol. The molecule has 0 saturated carbocycles. The van der Waals surface area contributed by atoms with E-state index in [2.05, 4.69) is 4.72 Å². The van der Waals surface area contributed by atoms with Crippen molar-refractivity contribution in [3.8, 4) is 5.75 Å². The van der Waals surface area contributed by atoms with Crippen LogP contribution in [0.2, 0.25) is 5.02 Å². The highest BCUT2D eigenvalue weighted by molar-refractivity contribution is 7.89. The molecule has 0 bridgehead atoms. The van der Waals surface area contributed by atoms with Crippen LogP contribution in [0.1, 0.15) is 22.8 Å². The van der Waals surface area contributed by atoms with Crippen LogP contribution in [-0.2, 0) is 25.9 Å². The van der Waals surface area contributed by atoms with Crippen molar-refractivity contribution in [2.75, 3.05) is 53.6 Å². The lowest BCUT2D eigenvalue weighted by atomic mass is 10.1. The number of fused-ring (bicyclic) bond motifs is 1. The van der Waals surface area contributed by atoms with E-state index in [0.29, 0.717) is 60.2 Å². The summed E-state index contributed by atoms with van der Waals surface area (Å²) in [5.41, 5.74) is 7.28. The Balaban J connectivity index is 1.66. The van der Waals surface area contributed by atoms with Crippen molar-refractivity contribution in [1.82, 2.24) is 9.62 Å². The van der Waals surface area contributed by atoms with E-state index in [9.17, 15) is 12.8 Å². The molecule has 0 unspecified atom stereocenters. The second-order valence-corrected chi connectivity index (χ2v) is 10.8. The number of sulfonamides is 1. The number of nitrogens with one attached hydrogen (secondary N) is 1. The number of hydrogen-bond donors (Lipinski definition) is 2. The Morgan fingerprint density at radius 2 is 1.86 bits per heavy atom. The van der Waals surface area contributed by atoms with Crippen LogP contribution < -0.4 is 15.2 Å². The van der Waals surface area contributed by atoms with Gasteiger partial charge in [0, 0.05) is 23.7 Å². The number of likely N-dealkylation sites (N-methyl/N-ethyl adjacent to an activating group) is 1. The van der Waals surface area contributed by atoms with E-state index < -0.39 is 16.1 Å². The molecule has 0 aromatic heterocycles. The molecular formula is C24H33ClFN3O5S. The van der Waals surface area contributed by atoms with Crippen LogP contribution in [0.3, 0.4) is 0 Å². The zero-order valence-electron chi connectivity index (χ0n) is 20.2. The van der Waals surface area contributed by atoms with Gasteiger partial charge in [-0.05, 0) is 68.9 Å². The monoisotopic (exact) mass is 529 g/mol. The molecule has 1 aliphatic rings. The van der Waals surface area contributed by atoms with Gasteiger partial charge in [0.1, 0.15) is 17.7 Å². The molecule has 2 aromatic rings. The Morgan fingerprint density at radius 1 is 1.14 bits per heavy atom. The van der Waals surface area contributed by atoms with Crippen LogP contribution in [0.4, 0.5) is 4.39 Å². The number of nitrogens with two attached hydrogens (primary N) is 1. The van der Waals surface area contributed by atoms with Gasteiger partial charge >= 0.3 is 0 Å². The van der Waals surface area contributed by atoms with Gasteiger partial charge in [-0.15, -0.1) is 0 Å². The topological polar surface area (TPSA) is 103 Å². The van der Waals surface area contributed by atoms with E-state index in [1.165, 1.54) is 12.1 Å². The normalized spacial score (nSPS) is 17.7. The summed E-state index contributed by atoms with van der Waals surface area (Å²) < 4.78 is 59.3. The third-order valence-corrected chi connectivity index (χ3v) is 7.49. The van der Waals surface area contributed by atoms with Gasteiger partial charge in [0.15, 0.2) is 0 Å². The second-order valence-electron chi connectivity index (χ2n) is 8.57. The first-order valence-corrected chi connectivity index (χ1v) is 13.3. The number of hydrogen-bond acceptors (Lipinski definition) is 7. The summed E-state index contributed by atoms with van der Waals surface area (Å²) >= 11 is 6.11. The largest absolute Gasteiger partial charge is 0.484 e. The van der Waals surface area contributed by atoms with Crippen molar-refractivity contribution in [3.63, 3.8) is 0 Å². The maximum atomic E-state index is 14.5. The zero-order valence-corrected chi connectivity index (χ0v) is 21.8. The molecule has 0 fully saturated rings. The number of rotatable bonds is 13. The SMILES string of the molecule is Cc1cc(S(=O)(=O)NCCOCCOCCN)ccc1O[C@H]1c2cc(Cl)cc(F)c2C[C@@H]1N(C)C.